The third kappa shape index (κ3) is 4.69. The Bertz CT molecular complexity index is 1090. The first-order chi connectivity index (χ1) is 15.1. The van der Waals surface area contributed by atoms with Gasteiger partial charge in [-0.05, 0) is 43.2 Å². The Kier molecular flexibility index (Phi) is 5.88. The number of methoxy groups -OCH3 is 2. The molecule has 2 aromatic carbocycles. The summed E-state index contributed by atoms with van der Waals surface area (Å²) in [5.41, 5.74) is 2.33. The summed E-state index contributed by atoms with van der Waals surface area (Å²) >= 11 is 0. The normalized spacial score (nSPS) is 12.8. The van der Waals surface area contributed by atoms with Crippen molar-refractivity contribution in [1.82, 2.24) is 9.78 Å². The molecule has 1 aliphatic rings. The number of aromatic nitrogens is 2. The first kappa shape index (κ1) is 20.5. The number of ether oxygens (including phenoxy) is 3. The first-order valence-corrected chi connectivity index (χ1v) is 9.93. The molecular weight excluding hydrogens is 398 g/mol. The molecule has 1 fully saturated rings. The SMILES string of the molecule is COc1ccc(OC)c(NC(=O)COC(=O)c2cc(C3CC3)nn2-c2ccccc2)c1. The molecule has 8 heteroatoms. The van der Waals surface area contributed by atoms with Gasteiger partial charge in [0.05, 0.1) is 31.3 Å². The summed E-state index contributed by atoms with van der Waals surface area (Å²) in [4.78, 5) is 25.2. The van der Waals surface area contributed by atoms with Crippen molar-refractivity contribution in [3.05, 3.63) is 66.0 Å². The summed E-state index contributed by atoms with van der Waals surface area (Å²) in [7, 11) is 3.03. The van der Waals surface area contributed by atoms with Crippen LogP contribution in [0.15, 0.2) is 54.6 Å². The fourth-order valence-electron chi connectivity index (χ4n) is 3.19. The number of nitrogens with one attached hydrogen (secondary N) is 1. The van der Waals surface area contributed by atoms with Gasteiger partial charge in [-0.15, -0.1) is 0 Å². The Morgan fingerprint density at radius 2 is 1.84 bits per heavy atom. The number of amides is 1. The first-order valence-electron chi connectivity index (χ1n) is 9.93. The largest absolute Gasteiger partial charge is 0.497 e. The van der Waals surface area contributed by atoms with Crippen molar-refractivity contribution in [2.75, 3.05) is 26.1 Å². The van der Waals surface area contributed by atoms with Crippen molar-refractivity contribution in [2.24, 2.45) is 0 Å². The number of rotatable bonds is 8. The highest BCUT2D eigenvalue weighted by molar-refractivity contribution is 5.96. The highest BCUT2D eigenvalue weighted by atomic mass is 16.5. The quantitative estimate of drug-likeness (QED) is 0.559. The number of anilines is 1. The number of nitrogens with zero attached hydrogens (tertiary/aromatic N) is 2. The van der Waals surface area contributed by atoms with Gasteiger partial charge in [0.1, 0.15) is 11.5 Å². The highest BCUT2D eigenvalue weighted by Crippen LogP contribution is 2.39. The van der Waals surface area contributed by atoms with Gasteiger partial charge >= 0.3 is 5.97 Å². The maximum Gasteiger partial charge on any atom is 0.357 e. The molecule has 1 heterocycles. The molecule has 1 aromatic heterocycles. The van der Waals surface area contributed by atoms with E-state index in [-0.39, 0.29) is 0 Å². The smallest absolute Gasteiger partial charge is 0.357 e. The standard InChI is InChI=1S/C23H23N3O5/c1-29-17-10-11-21(30-2)19(12-17)24-22(27)14-31-23(28)20-13-18(15-8-9-15)25-26(20)16-6-4-3-5-7-16/h3-7,10-13,15H,8-9,14H2,1-2H3,(H,24,27). The molecule has 1 amide bonds. The summed E-state index contributed by atoms with van der Waals surface area (Å²) in [5.74, 6) is 0.300. The molecule has 0 atom stereocenters. The van der Waals surface area contributed by atoms with Crippen LogP contribution >= 0.6 is 0 Å². The molecule has 0 radical (unpaired) electrons. The van der Waals surface area contributed by atoms with Crippen LogP contribution < -0.4 is 14.8 Å². The van der Waals surface area contributed by atoms with Crippen LogP contribution in [0.2, 0.25) is 0 Å². The van der Waals surface area contributed by atoms with Gasteiger partial charge in [-0.1, -0.05) is 18.2 Å². The van der Waals surface area contributed by atoms with Gasteiger partial charge in [-0.25, -0.2) is 9.48 Å². The molecule has 1 aliphatic carbocycles. The predicted molar refractivity (Wildman–Crippen MR) is 114 cm³/mol. The van der Waals surface area contributed by atoms with E-state index in [2.05, 4.69) is 10.4 Å². The fraction of sp³-hybridized carbons (Fsp3) is 0.261. The minimum absolute atomic E-state index is 0.292. The average Bonchev–Trinajstić information content (AvgIpc) is 3.56. The topological polar surface area (TPSA) is 91.7 Å². The van der Waals surface area contributed by atoms with Crippen molar-refractivity contribution in [1.29, 1.82) is 0 Å². The predicted octanol–water partition coefficient (Wildman–Crippen LogP) is 3.56. The van der Waals surface area contributed by atoms with E-state index in [9.17, 15) is 9.59 Å². The molecule has 8 nitrogen and oxygen atoms in total. The van der Waals surface area contributed by atoms with Gasteiger partial charge in [-0.3, -0.25) is 4.79 Å². The second kappa shape index (κ2) is 8.91. The van der Waals surface area contributed by atoms with Crippen LogP contribution in [-0.2, 0) is 9.53 Å². The van der Waals surface area contributed by atoms with Gasteiger partial charge in [0.15, 0.2) is 12.3 Å². The van der Waals surface area contributed by atoms with Crippen LogP contribution in [-0.4, -0.2) is 42.5 Å². The van der Waals surface area contributed by atoms with E-state index in [1.54, 1.807) is 28.9 Å². The van der Waals surface area contributed by atoms with E-state index in [1.165, 1.54) is 14.2 Å². The number of hydrogen-bond acceptors (Lipinski definition) is 6. The lowest BCUT2D eigenvalue weighted by Crippen LogP contribution is -2.22. The zero-order valence-electron chi connectivity index (χ0n) is 17.3. The summed E-state index contributed by atoms with van der Waals surface area (Å²) in [6, 6.07) is 16.1. The lowest BCUT2D eigenvalue weighted by atomic mass is 10.2. The van der Waals surface area contributed by atoms with E-state index in [0.717, 1.165) is 24.2 Å². The molecule has 0 unspecified atom stereocenters. The van der Waals surface area contributed by atoms with Crippen molar-refractivity contribution in [3.63, 3.8) is 0 Å². The van der Waals surface area contributed by atoms with Crippen LogP contribution in [0.4, 0.5) is 5.69 Å². The monoisotopic (exact) mass is 421 g/mol. The molecule has 0 spiro atoms. The lowest BCUT2D eigenvalue weighted by molar-refractivity contribution is -0.119. The Morgan fingerprint density at radius 3 is 2.52 bits per heavy atom. The number of carbonyl (C=O) groups is 2. The second-order valence-corrected chi connectivity index (χ2v) is 7.17. The van der Waals surface area contributed by atoms with Crippen molar-refractivity contribution in [2.45, 2.75) is 18.8 Å². The Labute approximate surface area is 179 Å². The number of hydrogen-bond donors (Lipinski definition) is 1. The summed E-state index contributed by atoms with van der Waals surface area (Å²) in [6.07, 6.45) is 2.12. The Balaban J connectivity index is 1.46. The van der Waals surface area contributed by atoms with E-state index in [1.807, 2.05) is 30.3 Å². The zero-order chi connectivity index (χ0) is 21.8. The van der Waals surface area contributed by atoms with Crippen molar-refractivity contribution < 1.29 is 23.8 Å². The molecule has 1 saturated carbocycles. The molecule has 0 saturated heterocycles. The maximum absolute atomic E-state index is 12.8. The number of benzene rings is 2. The molecular formula is C23H23N3O5. The summed E-state index contributed by atoms with van der Waals surface area (Å²) < 4.78 is 17.3. The lowest BCUT2D eigenvalue weighted by Gasteiger charge is -2.12. The number of para-hydroxylation sites is 1. The van der Waals surface area contributed by atoms with Crippen LogP contribution in [0.1, 0.15) is 34.9 Å². The highest BCUT2D eigenvalue weighted by Gasteiger charge is 2.29. The Morgan fingerprint density at radius 1 is 1.06 bits per heavy atom. The summed E-state index contributed by atoms with van der Waals surface area (Å²) in [6.45, 7) is -0.446. The number of esters is 1. The molecule has 1 N–H and O–H groups in total. The second-order valence-electron chi connectivity index (χ2n) is 7.17. The molecule has 3 aromatic rings. The molecule has 160 valence electrons. The van der Waals surface area contributed by atoms with Crippen molar-refractivity contribution >= 4 is 17.6 Å². The zero-order valence-corrected chi connectivity index (χ0v) is 17.3. The van der Waals surface area contributed by atoms with Crippen LogP contribution in [0.5, 0.6) is 11.5 Å². The third-order valence-electron chi connectivity index (χ3n) is 4.95. The third-order valence-corrected chi connectivity index (χ3v) is 4.95. The van der Waals surface area contributed by atoms with Gasteiger partial charge in [-0.2, -0.15) is 5.10 Å². The molecule has 0 aliphatic heterocycles. The van der Waals surface area contributed by atoms with Crippen LogP contribution in [0.3, 0.4) is 0 Å². The van der Waals surface area contributed by atoms with Gasteiger partial charge in [0, 0.05) is 12.0 Å². The molecule has 4 rings (SSSR count). The average molecular weight is 421 g/mol. The van der Waals surface area contributed by atoms with Gasteiger partial charge < -0.3 is 19.5 Å². The fourth-order valence-corrected chi connectivity index (χ4v) is 3.19. The van der Waals surface area contributed by atoms with Crippen molar-refractivity contribution in [3.8, 4) is 17.2 Å². The van der Waals surface area contributed by atoms with Gasteiger partial charge in [0.25, 0.3) is 5.91 Å². The van der Waals surface area contributed by atoms with Gasteiger partial charge in [0.2, 0.25) is 0 Å². The van der Waals surface area contributed by atoms with Crippen LogP contribution in [0, 0.1) is 0 Å². The van der Waals surface area contributed by atoms with E-state index in [0.29, 0.717) is 28.8 Å². The van der Waals surface area contributed by atoms with E-state index >= 15 is 0 Å². The minimum Gasteiger partial charge on any atom is -0.497 e. The summed E-state index contributed by atoms with van der Waals surface area (Å²) in [5, 5.41) is 7.26. The minimum atomic E-state index is -0.615. The van der Waals surface area contributed by atoms with E-state index < -0.39 is 18.5 Å². The number of carbonyl (C=O) groups excluding carboxylic acids is 2. The van der Waals surface area contributed by atoms with Crippen LogP contribution in [0.25, 0.3) is 5.69 Å². The van der Waals surface area contributed by atoms with E-state index in [4.69, 9.17) is 14.2 Å². The Hall–Kier alpha value is -3.81. The maximum atomic E-state index is 12.8. The molecule has 31 heavy (non-hydrogen) atoms. The molecule has 0 bridgehead atoms.